The smallest absolute Gasteiger partial charge is 0.115 e. The fourth-order valence-corrected chi connectivity index (χ4v) is 1.95. The van der Waals surface area contributed by atoms with Gasteiger partial charge in [-0.1, -0.05) is 36.4 Å². The average Bonchev–Trinajstić information content (AvgIpc) is 2.37. The van der Waals surface area contributed by atoms with Crippen LogP contribution in [0.5, 0.6) is 5.75 Å². The van der Waals surface area contributed by atoms with Crippen molar-refractivity contribution in [2.45, 2.75) is 6.42 Å². The summed E-state index contributed by atoms with van der Waals surface area (Å²) in [5.41, 5.74) is 3.64. The molecule has 0 atom stereocenters. The van der Waals surface area contributed by atoms with Gasteiger partial charge < -0.3 is 5.11 Å². The maximum atomic E-state index is 9.87. The Hall–Kier alpha value is -1.40. The van der Waals surface area contributed by atoms with Crippen LogP contribution in [-0.2, 0) is 19.0 Å². The Bertz CT molecular complexity index is 626. The zero-order valence-corrected chi connectivity index (χ0v) is 13.6. The molecule has 0 fully saturated rings. The number of phenolic OH excluding ortho intramolecular Hbond substituents is 1. The largest absolute Gasteiger partial charge is 0.508 e. The molecule has 0 bridgehead atoms. The van der Waals surface area contributed by atoms with E-state index in [1.807, 2.05) is 12.1 Å². The average molecular weight is 376 g/mol. The van der Waals surface area contributed by atoms with Gasteiger partial charge in [0.1, 0.15) is 11.5 Å². The SMILES string of the molecule is F[P-](F)(F)(F)(F)F.Oc1ccc(-c2ccc(CC[SH2+])cc2)cc1. The molecule has 0 heterocycles. The minimum absolute atomic E-state index is 0.305. The van der Waals surface area contributed by atoms with Gasteiger partial charge in [-0.25, -0.2) is 0 Å². The van der Waals surface area contributed by atoms with Crippen molar-refractivity contribution >= 4 is 20.4 Å². The maximum Gasteiger partial charge on any atom is 0.115 e. The third kappa shape index (κ3) is 10.9. The first kappa shape index (κ1) is 19.6. The number of phenols is 1. The van der Waals surface area contributed by atoms with Crippen molar-refractivity contribution in [1.82, 2.24) is 0 Å². The second-order valence-corrected chi connectivity index (χ2v) is 7.12. The fourth-order valence-electron chi connectivity index (χ4n) is 1.66. The molecule has 0 aliphatic heterocycles. The summed E-state index contributed by atoms with van der Waals surface area (Å²) < 4.78 is 59.2. The molecular weight excluding hydrogens is 361 g/mol. The van der Waals surface area contributed by atoms with E-state index in [1.165, 1.54) is 11.1 Å². The van der Waals surface area contributed by atoms with Crippen molar-refractivity contribution in [3.05, 3.63) is 54.1 Å². The normalized spacial score (nSPS) is 14.2. The van der Waals surface area contributed by atoms with Crippen LogP contribution in [0.1, 0.15) is 5.56 Å². The Balaban J connectivity index is 0.000000322. The molecule has 2 rings (SSSR count). The van der Waals surface area contributed by atoms with Gasteiger partial charge in [0.15, 0.2) is 0 Å². The van der Waals surface area contributed by atoms with Crippen molar-refractivity contribution in [2.75, 3.05) is 5.75 Å². The summed E-state index contributed by atoms with van der Waals surface area (Å²) in [5.74, 6) is 1.29. The molecule has 0 saturated heterocycles. The monoisotopic (exact) mass is 376 g/mol. The van der Waals surface area contributed by atoms with Crippen molar-refractivity contribution in [1.29, 1.82) is 0 Å². The predicted octanol–water partition coefficient (Wildman–Crippen LogP) is 6.00. The maximum absolute atomic E-state index is 10.7. The zero-order valence-electron chi connectivity index (χ0n) is 11.7. The quantitative estimate of drug-likeness (QED) is 0.396. The topological polar surface area (TPSA) is 20.2 Å². The van der Waals surface area contributed by atoms with Crippen LogP contribution in [0.25, 0.3) is 11.1 Å². The predicted molar refractivity (Wildman–Crippen MR) is 85.8 cm³/mol. The van der Waals surface area contributed by atoms with Crippen molar-refractivity contribution < 1.29 is 30.3 Å². The number of hydrogen-bond donors (Lipinski definition) is 1. The molecule has 2 aromatic carbocycles. The van der Waals surface area contributed by atoms with E-state index in [1.54, 1.807) is 12.1 Å². The molecule has 130 valence electrons. The Kier molecular flexibility index (Phi) is 5.33. The van der Waals surface area contributed by atoms with Gasteiger partial charge in [0.05, 0.1) is 0 Å². The summed E-state index contributed by atoms with van der Waals surface area (Å²) in [6.45, 7) is 0. The molecule has 1 nitrogen and oxygen atoms in total. The molecule has 0 amide bonds. The van der Waals surface area contributed by atoms with Gasteiger partial charge in [0.2, 0.25) is 0 Å². The van der Waals surface area contributed by atoms with E-state index < -0.39 is 7.81 Å². The van der Waals surface area contributed by atoms with E-state index >= 15 is 0 Å². The molecule has 0 aromatic heterocycles. The summed E-state index contributed by atoms with van der Waals surface area (Å²) in [5, 5.41) is 9.21. The first-order chi connectivity index (χ1) is 10.2. The number of benzene rings is 2. The van der Waals surface area contributed by atoms with Crippen LogP contribution >= 0.6 is 7.81 Å². The van der Waals surface area contributed by atoms with Crippen LogP contribution in [0.4, 0.5) is 25.2 Å². The second kappa shape index (κ2) is 6.24. The summed E-state index contributed by atoms with van der Waals surface area (Å²) in [7, 11) is -10.7. The van der Waals surface area contributed by atoms with E-state index in [0.717, 1.165) is 17.7 Å². The van der Waals surface area contributed by atoms with Crippen molar-refractivity contribution in [2.24, 2.45) is 0 Å². The van der Waals surface area contributed by atoms with Gasteiger partial charge in [-0.2, -0.15) is 0 Å². The molecule has 0 aliphatic carbocycles. The van der Waals surface area contributed by atoms with Gasteiger partial charge in [-0.15, -0.1) is 0 Å². The van der Waals surface area contributed by atoms with E-state index in [9.17, 15) is 30.3 Å². The standard InChI is InChI=1S/C14H14OS.F6P/c15-14-7-5-13(6-8-14)12-3-1-11(2-4-12)9-10-16;1-7(2,3,4,5)6/h1-8,15-16H,9-10H2;/q;-1/p+1. The van der Waals surface area contributed by atoms with Crippen molar-refractivity contribution in [3.63, 3.8) is 0 Å². The molecule has 23 heavy (non-hydrogen) atoms. The van der Waals surface area contributed by atoms with Gasteiger partial charge in [-0.3, -0.25) is 0 Å². The van der Waals surface area contributed by atoms with E-state index in [2.05, 4.69) is 36.9 Å². The second-order valence-electron chi connectivity index (χ2n) is 4.70. The Labute approximate surface area is 134 Å². The molecule has 9 heteroatoms. The summed E-state index contributed by atoms with van der Waals surface area (Å²) in [6, 6.07) is 15.8. The Morgan fingerprint density at radius 2 is 1.09 bits per heavy atom. The minimum atomic E-state index is -10.7. The van der Waals surface area contributed by atoms with E-state index in [-0.39, 0.29) is 0 Å². The molecular formula is C14H15F6OPS. The minimum Gasteiger partial charge on any atom is -0.508 e. The number of aromatic hydroxyl groups is 1. The molecule has 2 aromatic rings. The third-order valence-corrected chi connectivity index (χ3v) is 2.82. The van der Waals surface area contributed by atoms with Gasteiger partial charge in [-0.05, 0) is 41.5 Å². The molecule has 0 unspecified atom stereocenters. The summed E-state index contributed by atoms with van der Waals surface area (Å²) >= 11 is 3.48. The van der Waals surface area contributed by atoms with Crippen LogP contribution in [0.3, 0.4) is 0 Å². The number of halogens is 6. The van der Waals surface area contributed by atoms with Crippen LogP contribution in [0, 0.1) is 0 Å². The van der Waals surface area contributed by atoms with Crippen LogP contribution in [0.2, 0.25) is 0 Å². The zero-order chi connectivity index (χ0) is 17.8. The Morgan fingerprint density at radius 3 is 1.43 bits per heavy atom. The van der Waals surface area contributed by atoms with E-state index in [0.29, 0.717) is 5.75 Å². The fraction of sp³-hybridized carbons (Fsp3) is 0.143. The van der Waals surface area contributed by atoms with Crippen LogP contribution in [0.15, 0.2) is 48.5 Å². The first-order valence-electron chi connectivity index (χ1n) is 6.34. The van der Waals surface area contributed by atoms with Gasteiger partial charge >= 0.3 is 33.0 Å². The molecule has 0 aliphatic rings. The molecule has 1 N–H and O–H groups in total. The van der Waals surface area contributed by atoms with Crippen LogP contribution in [-0.4, -0.2) is 10.9 Å². The molecule has 0 radical (unpaired) electrons. The Morgan fingerprint density at radius 1 is 0.739 bits per heavy atom. The number of aryl methyl sites for hydroxylation is 1. The van der Waals surface area contributed by atoms with Crippen LogP contribution < -0.4 is 0 Å². The van der Waals surface area contributed by atoms with E-state index in [4.69, 9.17) is 0 Å². The molecule has 0 spiro atoms. The number of rotatable bonds is 3. The van der Waals surface area contributed by atoms with Gasteiger partial charge in [0.25, 0.3) is 0 Å². The third-order valence-electron chi connectivity index (χ3n) is 2.57. The number of hydrogen-bond acceptors (Lipinski definition) is 1. The summed E-state index contributed by atoms with van der Waals surface area (Å²) in [4.78, 5) is 0. The first-order valence-corrected chi connectivity index (χ1v) is 9.07. The molecule has 0 saturated carbocycles. The van der Waals surface area contributed by atoms with Crippen molar-refractivity contribution in [3.8, 4) is 16.9 Å². The summed E-state index contributed by atoms with van der Waals surface area (Å²) in [6.07, 6.45) is 1.05. The van der Waals surface area contributed by atoms with Gasteiger partial charge in [0, 0.05) is 6.42 Å².